The minimum atomic E-state index is 0.155. The molecule has 2 rings (SSSR count). The van der Waals surface area contributed by atoms with Gasteiger partial charge in [0.15, 0.2) is 0 Å². The number of nitrogens with zero attached hydrogens (tertiary/aromatic N) is 1. The number of nitrogens with two attached hydrogens (primary N) is 1. The fourth-order valence-electron chi connectivity index (χ4n) is 2.64. The van der Waals surface area contributed by atoms with Crippen LogP contribution in [0, 0.1) is 0 Å². The van der Waals surface area contributed by atoms with Crippen molar-refractivity contribution < 1.29 is 4.79 Å². The number of amides is 1. The van der Waals surface area contributed by atoms with Crippen molar-refractivity contribution in [2.24, 2.45) is 5.73 Å². The summed E-state index contributed by atoms with van der Waals surface area (Å²) >= 11 is 5.93. The number of carbonyl (C=O) groups is 1. The molecule has 0 heterocycles. The van der Waals surface area contributed by atoms with Crippen LogP contribution >= 0.6 is 11.6 Å². The van der Waals surface area contributed by atoms with Gasteiger partial charge in [0.25, 0.3) is 0 Å². The number of halogens is 1. The first-order valence-corrected chi connectivity index (χ1v) is 7.19. The van der Waals surface area contributed by atoms with Crippen LogP contribution in [-0.4, -0.2) is 29.9 Å². The molecule has 1 aromatic carbocycles. The normalized spacial score (nSPS) is 23.1. The van der Waals surface area contributed by atoms with Gasteiger partial charge in [-0.1, -0.05) is 23.7 Å². The van der Waals surface area contributed by atoms with Gasteiger partial charge < -0.3 is 10.6 Å². The fraction of sp³-hybridized carbons (Fsp3) is 0.533. The molecule has 19 heavy (non-hydrogen) atoms. The van der Waals surface area contributed by atoms with E-state index in [0.717, 1.165) is 31.2 Å². The number of likely N-dealkylation sites (N-methyl/N-ethyl adjacent to an activating group) is 1. The molecule has 1 aromatic rings. The van der Waals surface area contributed by atoms with E-state index in [1.54, 1.807) is 0 Å². The number of hydrogen-bond donors (Lipinski definition) is 1. The third kappa shape index (κ3) is 3.95. The molecule has 0 unspecified atom stereocenters. The maximum atomic E-state index is 12.3. The van der Waals surface area contributed by atoms with E-state index in [1.165, 1.54) is 0 Å². The number of rotatable bonds is 3. The van der Waals surface area contributed by atoms with Crippen molar-refractivity contribution in [2.75, 3.05) is 7.05 Å². The fourth-order valence-corrected chi connectivity index (χ4v) is 2.85. The van der Waals surface area contributed by atoms with Gasteiger partial charge in [0.05, 0.1) is 6.42 Å². The molecule has 0 saturated heterocycles. The van der Waals surface area contributed by atoms with E-state index >= 15 is 0 Å². The SMILES string of the molecule is CN(C(=O)Cc1cccc(Cl)c1)C1CCC(N)CC1. The minimum Gasteiger partial charge on any atom is -0.342 e. The molecule has 2 N–H and O–H groups in total. The molecule has 0 aromatic heterocycles. The van der Waals surface area contributed by atoms with Gasteiger partial charge in [-0.2, -0.15) is 0 Å². The van der Waals surface area contributed by atoms with E-state index < -0.39 is 0 Å². The summed E-state index contributed by atoms with van der Waals surface area (Å²) in [4.78, 5) is 14.1. The van der Waals surface area contributed by atoms with Crippen LogP contribution in [-0.2, 0) is 11.2 Å². The van der Waals surface area contributed by atoms with E-state index in [9.17, 15) is 4.79 Å². The van der Waals surface area contributed by atoms with Gasteiger partial charge in [0.1, 0.15) is 0 Å². The van der Waals surface area contributed by atoms with Crippen molar-refractivity contribution in [1.29, 1.82) is 0 Å². The Labute approximate surface area is 119 Å². The van der Waals surface area contributed by atoms with Gasteiger partial charge in [0, 0.05) is 24.2 Å². The lowest BCUT2D eigenvalue weighted by atomic mass is 9.91. The van der Waals surface area contributed by atoms with Crippen LogP contribution in [0.15, 0.2) is 24.3 Å². The summed E-state index contributed by atoms with van der Waals surface area (Å²) in [7, 11) is 1.90. The van der Waals surface area contributed by atoms with Gasteiger partial charge >= 0.3 is 0 Å². The topological polar surface area (TPSA) is 46.3 Å². The largest absolute Gasteiger partial charge is 0.342 e. The number of hydrogen-bond acceptors (Lipinski definition) is 2. The molecular weight excluding hydrogens is 260 g/mol. The lowest BCUT2D eigenvalue weighted by molar-refractivity contribution is -0.131. The van der Waals surface area contributed by atoms with Crippen molar-refractivity contribution in [3.63, 3.8) is 0 Å². The van der Waals surface area contributed by atoms with Crippen LogP contribution in [0.3, 0.4) is 0 Å². The Morgan fingerprint density at radius 1 is 1.37 bits per heavy atom. The number of benzene rings is 1. The van der Waals surface area contributed by atoms with Crippen LogP contribution in [0.25, 0.3) is 0 Å². The molecule has 1 aliphatic carbocycles. The molecule has 1 aliphatic rings. The second-order valence-corrected chi connectivity index (χ2v) is 5.82. The molecule has 4 heteroatoms. The summed E-state index contributed by atoms with van der Waals surface area (Å²) < 4.78 is 0. The molecule has 1 fully saturated rings. The first-order valence-electron chi connectivity index (χ1n) is 6.82. The zero-order valence-corrected chi connectivity index (χ0v) is 12.1. The molecule has 0 radical (unpaired) electrons. The Hall–Kier alpha value is -1.06. The van der Waals surface area contributed by atoms with Crippen LogP contribution in [0.4, 0.5) is 0 Å². The molecule has 1 amide bonds. The molecule has 3 nitrogen and oxygen atoms in total. The predicted octanol–water partition coefficient (Wildman–Crippen LogP) is 2.61. The lowest BCUT2D eigenvalue weighted by Gasteiger charge is -2.33. The Kier molecular flexibility index (Phi) is 4.83. The highest BCUT2D eigenvalue weighted by molar-refractivity contribution is 6.30. The van der Waals surface area contributed by atoms with E-state index in [2.05, 4.69) is 0 Å². The van der Waals surface area contributed by atoms with Gasteiger partial charge in [-0.3, -0.25) is 4.79 Å². The summed E-state index contributed by atoms with van der Waals surface area (Å²) in [6.45, 7) is 0. The first-order chi connectivity index (χ1) is 9.06. The first kappa shape index (κ1) is 14.4. The van der Waals surface area contributed by atoms with E-state index in [4.69, 9.17) is 17.3 Å². The van der Waals surface area contributed by atoms with E-state index in [-0.39, 0.29) is 5.91 Å². The van der Waals surface area contributed by atoms with Crippen LogP contribution < -0.4 is 5.73 Å². The van der Waals surface area contributed by atoms with E-state index in [1.807, 2.05) is 36.2 Å². The standard InChI is InChI=1S/C15H21ClN2O/c1-18(14-7-5-13(17)6-8-14)15(19)10-11-3-2-4-12(16)9-11/h2-4,9,13-14H,5-8,10,17H2,1H3. The second kappa shape index (κ2) is 6.40. The van der Waals surface area contributed by atoms with Gasteiger partial charge in [-0.05, 0) is 43.4 Å². The average Bonchev–Trinajstić information content (AvgIpc) is 2.39. The Morgan fingerprint density at radius 3 is 2.68 bits per heavy atom. The zero-order valence-electron chi connectivity index (χ0n) is 11.3. The maximum Gasteiger partial charge on any atom is 0.226 e. The van der Waals surface area contributed by atoms with Gasteiger partial charge in [0.2, 0.25) is 5.91 Å². The van der Waals surface area contributed by atoms with Crippen molar-refractivity contribution >= 4 is 17.5 Å². The van der Waals surface area contributed by atoms with Crippen LogP contribution in [0.2, 0.25) is 5.02 Å². The molecule has 1 saturated carbocycles. The summed E-state index contributed by atoms with van der Waals surface area (Å²) in [6, 6.07) is 8.14. The van der Waals surface area contributed by atoms with Crippen molar-refractivity contribution in [3.8, 4) is 0 Å². The lowest BCUT2D eigenvalue weighted by Crippen LogP contribution is -2.42. The second-order valence-electron chi connectivity index (χ2n) is 5.38. The summed E-state index contributed by atoms with van der Waals surface area (Å²) in [5.74, 6) is 0.155. The predicted molar refractivity (Wildman–Crippen MR) is 78.2 cm³/mol. The Morgan fingerprint density at radius 2 is 2.05 bits per heavy atom. The smallest absolute Gasteiger partial charge is 0.226 e. The van der Waals surface area contributed by atoms with Crippen molar-refractivity contribution in [2.45, 2.75) is 44.2 Å². The summed E-state index contributed by atoms with van der Waals surface area (Å²) in [6.07, 6.45) is 4.47. The van der Waals surface area contributed by atoms with E-state index in [0.29, 0.717) is 23.5 Å². The molecular formula is C15H21ClN2O. The van der Waals surface area contributed by atoms with Crippen LogP contribution in [0.1, 0.15) is 31.2 Å². The molecule has 0 bridgehead atoms. The maximum absolute atomic E-state index is 12.3. The average molecular weight is 281 g/mol. The highest BCUT2D eigenvalue weighted by atomic mass is 35.5. The highest BCUT2D eigenvalue weighted by Gasteiger charge is 2.24. The number of carbonyl (C=O) groups excluding carboxylic acids is 1. The third-order valence-corrected chi connectivity index (χ3v) is 4.16. The molecule has 0 atom stereocenters. The highest BCUT2D eigenvalue weighted by Crippen LogP contribution is 2.22. The minimum absolute atomic E-state index is 0.155. The van der Waals surface area contributed by atoms with Crippen molar-refractivity contribution in [3.05, 3.63) is 34.9 Å². The monoisotopic (exact) mass is 280 g/mol. The van der Waals surface area contributed by atoms with Crippen LogP contribution in [0.5, 0.6) is 0 Å². The third-order valence-electron chi connectivity index (χ3n) is 3.93. The Bertz CT molecular complexity index is 442. The van der Waals surface area contributed by atoms with Gasteiger partial charge in [-0.15, -0.1) is 0 Å². The summed E-state index contributed by atoms with van der Waals surface area (Å²) in [5, 5.41) is 0.677. The Balaban J connectivity index is 1.92. The quantitative estimate of drug-likeness (QED) is 0.925. The molecule has 104 valence electrons. The van der Waals surface area contributed by atoms with Crippen molar-refractivity contribution in [1.82, 2.24) is 4.90 Å². The van der Waals surface area contributed by atoms with Gasteiger partial charge in [-0.25, -0.2) is 0 Å². The summed E-state index contributed by atoms with van der Waals surface area (Å²) in [5.41, 5.74) is 6.86. The molecule has 0 spiro atoms. The zero-order chi connectivity index (χ0) is 13.8. The molecule has 0 aliphatic heterocycles.